The zero-order chi connectivity index (χ0) is 18.5. The first-order valence-corrected chi connectivity index (χ1v) is 9.96. The van der Waals surface area contributed by atoms with Crippen molar-refractivity contribution in [3.63, 3.8) is 0 Å². The van der Waals surface area contributed by atoms with Gasteiger partial charge in [-0.05, 0) is 57.8 Å². The summed E-state index contributed by atoms with van der Waals surface area (Å²) >= 11 is 0. The molecule has 3 rings (SSSR count). The number of para-hydroxylation sites is 1. The fourth-order valence-electron chi connectivity index (χ4n) is 4.43. The fourth-order valence-corrected chi connectivity index (χ4v) is 4.43. The second-order valence-electron chi connectivity index (χ2n) is 7.64. The van der Waals surface area contributed by atoms with E-state index in [0.717, 1.165) is 50.8 Å². The number of hydrogen-bond donors (Lipinski definition) is 2. The first kappa shape index (κ1) is 18.9. The summed E-state index contributed by atoms with van der Waals surface area (Å²) in [6.45, 7) is 3.66. The van der Waals surface area contributed by atoms with Gasteiger partial charge in [0.15, 0.2) is 0 Å². The number of fused-ring (bicyclic) bond motifs is 1. The Hall–Kier alpha value is -1.88. The molecule has 1 aliphatic heterocycles. The van der Waals surface area contributed by atoms with Crippen molar-refractivity contribution in [3.05, 3.63) is 29.8 Å². The van der Waals surface area contributed by atoms with Crippen molar-refractivity contribution in [2.24, 2.45) is 11.8 Å². The molecule has 0 radical (unpaired) electrons. The number of carbonyl (C=O) groups is 2. The lowest BCUT2D eigenvalue weighted by Crippen LogP contribution is -2.47. The van der Waals surface area contributed by atoms with E-state index in [1.165, 1.54) is 5.56 Å². The summed E-state index contributed by atoms with van der Waals surface area (Å²) in [5.41, 5.74) is 2.26. The van der Waals surface area contributed by atoms with Crippen LogP contribution in [0.1, 0.15) is 44.6 Å². The minimum Gasteiger partial charge on any atom is -0.356 e. The molecule has 0 saturated heterocycles. The third-order valence-electron chi connectivity index (χ3n) is 5.77. The molecule has 1 aliphatic carbocycles. The second-order valence-corrected chi connectivity index (χ2v) is 7.64. The number of amides is 2. The molecular formula is C21H31N3O2. The van der Waals surface area contributed by atoms with Gasteiger partial charge in [-0.1, -0.05) is 31.0 Å². The van der Waals surface area contributed by atoms with E-state index in [0.29, 0.717) is 6.54 Å². The highest BCUT2D eigenvalue weighted by atomic mass is 16.2. The van der Waals surface area contributed by atoms with E-state index in [2.05, 4.69) is 23.6 Å². The van der Waals surface area contributed by atoms with Crippen LogP contribution in [-0.4, -0.2) is 38.0 Å². The molecule has 0 bridgehead atoms. The summed E-state index contributed by atoms with van der Waals surface area (Å²) in [5, 5.41) is 6.13. The quantitative estimate of drug-likeness (QED) is 0.769. The van der Waals surface area contributed by atoms with Gasteiger partial charge in [0.25, 0.3) is 0 Å². The molecule has 2 aliphatic rings. The van der Waals surface area contributed by atoms with Gasteiger partial charge in [0, 0.05) is 24.2 Å². The number of benzene rings is 1. The van der Waals surface area contributed by atoms with Crippen LogP contribution in [0.15, 0.2) is 24.3 Å². The van der Waals surface area contributed by atoms with Crippen molar-refractivity contribution in [2.75, 3.05) is 25.0 Å². The van der Waals surface area contributed by atoms with E-state index in [-0.39, 0.29) is 29.7 Å². The molecule has 0 aromatic heterocycles. The topological polar surface area (TPSA) is 61.4 Å². The Bertz CT molecular complexity index is 646. The Balaban J connectivity index is 1.71. The van der Waals surface area contributed by atoms with Crippen molar-refractivity contribution in [1.29, 1.82) is 0 Å². The average molecular weight is 357 g/mol. The van der Waals surface area contributed by atoms with E-state index in [4.69, 9.17) is 0 Å². The zero-order valence-corrected chi connectivity index (χ0v) is 16.0. The summed E-state index contributed by atoms with van der Waals surface area (Å²) in [7, 11) is 1.91. The molecule has 5 nitrogen and oxygen atoms in total. The lowest BCUT2D eigenvalue weighted by atomic mass is 9.77. The summed E-state index contributed by atoms with van der Waals surface area (Å²) in [6, 6.07) is 8.32. The Morgan fingerprint density at radius 2 is 1.85 bits per heavy atom. The molecule has 3 atom stereocenters. The van der Waals surface area contributed by atoms with Gasteiger partial charge in [-0.3, -0.25) is 9.59 Å². The lowest BCUT2D eigenvalue weighted by Gasteiger charge is -2.34. The Labute approximate surface area is 156 Å². The summed E-state index contributed by atoms with van der Waals surface area (Å²) in [5.74, 6) is -0.190. The average Bonchev–Trinajstić information content (AvgIpc) is 3.00. The highest BCUT2D eigenvalue weighted by Gasteiger charge is 2.41. The maximum Gasteiger partial charge on any atom is 0.231 e. The molecule has 1 saturated carbocycles. The molecule has 2 N–H and O–H groups in total. The third kappa shape index (κ3) is 3.93. The largest absolute Gasteiger partial charge is 0.356 e. The smallest absolute Gasteiger partial charge is 0.231 e. The van der Waals surface area contributed by atoms with Crippen LogP contribution in [0.5, 0.6) is 0 Å². The standard InChI is InChI=1S/C21H31N3O2/c1-15-14-16-8-3-6-11-19(16)24(15)21(26)18-10-5-4-9-17(18)20(25)23-13-7-12-22-2/h3,6,8,11,15,17-18,22H,4-5,7,9-10,12-14H2,1-2H3,(H,23,25). The van der Waals surface area contributed by atoms with Crippen molar-refractivity contribution >= 4 is 17.5 Å². The number of nitrogens with one attached hydrogen (secondary N) is 2. The van der Waals surface area contributed by atoms with Gasteiger partial charge in [-0.2, -0.15) is 0 Å². The Morgan fingerprint density at radius 1 is 1.12 bits per heavy atom. The first-order chi connectivity index (χ1) is 12.6. The van der Waals surface area contributed by atoms with Crippen LogP contribution in [0.3, 0.4) is 0 Å². The van der Waals surface area contributed by atoms with Gasteiger partial charge in [-0.15, -0.1) is 0 Å². The van der Waals surface area contributed by atoms with Crippen LogP contribution in [0.25, 0.3) is 0 Å². The molecule has 3 unspecified atom stereocenters. The van der Waals surface area contributed by atoms with Crippen molar-refractivity contribution in [1.82, 2.24) is 10.6 Å². The normalized spacial score (nSPS) is 25.0. The van der Waals surface area contributed by atoms with Gasteiger partial charge in [0.2, 0.25) is 11.8 Å². The van der Waals surface area contributed by atoms with E-state index in [1.807, 2.05) is 30.1 Å². The van der Waals surface area contributed by atoms with E-state index < -0.39 is 0 Å². The molecule has 1 aromatic rings. The van der Waals surface area contributed by atoms with Crippen molar-refractivity contribution in [2.45, 2.75) is 51.5 Å². The molecule has 1 fully saturated rings. The number of anilines is 1. The highest BCUT2D eigenvalue weighted by molar-refractivity contribution is 6.00. The van der Waals surface area contributed by atoms with Gasteiger partial charge in [0.1, 0.15) is 0 Å². The van der Waals surface area contributed by atoms with Gasteiger partial charge in [0.05, 0.1) is 5.92 Å². The maximum absolute atomic E-state index is 13.4. The van der Waals surface area contributed by atoms with Crippen LogP contribution in [-0.2, 0) is 16.0 Å². The first-order valence-electron chi connectivity index (χ1n) is 9.96. The molecule has 2 amide bonds. The summed E-state index contributed by atoms with van der Waals surface area (Å²) in [4.78, 5) is 28.1. The monoisotopic (exact) mass is 357 g/mol. The molecule has 1 aromatic carbocycles. The van der Waals surface area contributed by atoms with Crippen molar-refractivity contribution in [3.8, 4) is 0 Å². The van der Waals surface area contributed by atoms with Gasteiger partial charge < -0.3 is 15.5 Å². The van der Waals surface area contributed by atoms with Crippen LogP contribution >= 0.6 is 0 Å². The van der Waals surface area contributed by atoms with Crippen LogP contribution < -0.4 is 15.5 Å². The number of nitrogens with zero attached hydrogens (tertiary/aromatic N) is 1. The van der Waals surface area contributed by atoms with Gasteiger partial charge in [-0.25, -0.2) is 0 Å². The van der Waals surface area contributed by atoms with Crippen LogP contribution in [0.4, 0.5) is 5.69 Å². The van der Waals surface area contributed by atoms with Crippen molar-refractivity contribution < 1.29 is 9.59 Å². The van der Waals surface area contributed by atoms with Gasteiger partial charge >= 0.3 is 0 Å². The predicted octanol–water partition coefficient (Wildman–Crippen LogP) is 2.50. The SMILES string of the molecule is CNCCCNC(=O)C1CCCCC1C(=O)N1c2ccccc2CC1C. The minimum absolute atomic E-state index is 0.0549. The van der Waals surface area contributed by atoms with E-state index in [9.17, 15) is 9.59 Å². The minimum atomic E-state index is -0.193. The van der Waals surface area contributed by atoms with Crippen LogP contribution in [0.2, 0.25) is 0 Å². The summed E-state index contributed by atoms with van der Waals surface area (Å²) in [6.07, 6.45) is 5.50. The van der Waals surface area contributed by atoms with Crippen LogP contribution in [0, 0.1) is 11.8 Å². The molecular weight excluding hydrogens is 326 g/mol. The third-order valence-corrected chi connectivity index (χ3v) is 5.77. The molecule has 142 valence electrons. The second kappa shape index (κ2) is 8.67. The van der Waals surface area contributed by atoms with E-state index >= 15 is 0 Å². The number of hydrogen-bond acceptors (Lipinski definition) is 3. The number of rotatable bonds is 6. The summed E-state index contributed by atoms with van der Waals surface area (Å²) < 4.78 is 0. The molecule has 5 heteroatoms. The molecule has 1 heterocycles. The molecule has 0 spiro atoms. The Morgan fingerprint density at radius 3 is 2.62 bits per heavy atom. The fraction of sp³-hybridized carbons (Fsp3) is 0.619. The highest BCUT2D eigenvalue weighted by Crippen LogP contribution is 2.38. The lowest BCUT2D eigenvalue weighted by molar-refractivity contribution is -0.135. The zero-order valence-electron chi connectivity index (χ0n) is 16.0. The number of carbonyl (C=O) groups excluding carboxylic acids is 2. The van der Waals surface area contributed by atoms with E-state index in [1.54, 1.807) is 0 Å². The molecule has 26 heavy (non-hydrogen) atoms. The Kier molecular flexibility index (Phi) is 6.30. The predicted molar refractivity (Wildman–Crippen MR) is 104 cm³/mol. The maximum atomic E-state index is 13.4.